The molecule has 1 aliphatic heterocycles. The highest BCUT2D eigenvalue weighted by Gasteiger charge is 2.22. The molecule has 0 N–H and O–H groups in total. The van der Waals surface area contributed by atoms with Crippen molar-refractivity contribution in [1.29, 1.82) is 0 Å². The molecule has 5 rings (SSSR count). The van der Waals surface area contributed by atoms with E-state index in [1.807, 2.05) is 43.2 Å². The molecule has 3 aromatic heterocycles. The third kappa shape index (κ3) is 4.17. The van der Waals surface area contributed by atoms with Crippen molar-refractivity contribution in [3.63, 3.8) is 0 Å². The van der Waals surface area contributed by atoms with E-state index < -0.39 is 0 Å². The normalized spacial score (nSPS) is 15.1. The molecule has 0 amide bonds. The molecule has 0 atom stereocenters. The van der Waals surface area contributed by atoms with E-state index in [2.05, 4.69) is 40.0 Å². The van der Waals surface area contributed by atoms with Crippen LogP contribution in [0.3, 0.4) is 0 Å². The Morgan fingerprint density at radius 3 is 2.68 bits per heavy atom. The molecule has 0 saturated carbocycles. The Morgan fingerprint density at radius 1 is 1.15 bits per heavy atom. The van der Waals surface area contributed by atoms with Gasteiger partial charge in [-0.1, -0.05) is 0 Å². The monoisotopic (exact) mass is 461 g/mol. The maximum absolute atomic E-state index is 5.97. The van der Waals surface area contributed by atoms with E-state index in [0.29, 0.717) is 17.4 Å². The average molecular weight is 462 g/mol. The largest absolute Gasteiger partial charge is 0.466 e. The van der Waals surface area contributed by atoms with Crippen LogP contribution in [0.4, 0.5) is 5.82 Å². The molecule has 4 aromatic rings. The fourth-order valence-corrected chi connectivity index (χ4v) is 4.74. The number of ether oxygens (including phenoxy) is 2. The summed E-state index contributed by atoms with van der Waals surface area (Å²) in [5.41, 5.74) is 4.92. The first-order valence-corrected chi connectivity index (χ1v) is 11.6. The molecule has 0 radical (unpaired) electrons. The summed E-state index contributed by atoms with van der Waals surface area (Å²) in [5, 5.41) is 5.61. The van der Waals surface area contributed by atoms with Crippen LogP contribution in [0.1, 0.15) is 18.4 Å². The van der Waals surface area contributed by atoms with E-state index in [0.717, 1.165) is 65.0 Å². The second kappa shape index (κ2) is 9.15. The minimum absolute atomic E-state index is 0.146. The molecule has 1 aliphatic rings. The zero-order valence-electron chi connectivity index (χ0n) is 20.4. The second-order valence-electron chi connectivity index (χ2n) is 9.12. The van der Waals surface area contributed by atoms with Gasteiger partial charge in [0.15, 0.2) is 12.4 Å². The lowest BCUT2D eigenvalue weighted by molar-refractivity contribution is 0.0511. The first-order valence-electron chi connectivity index (χ1n) is 11.6. The van der Waals surface area contributed by atoms with E-state index in [1.54, 1.807) is 7.11 Å². The Kier molecular flexibility index (Phi) is 6.05. The van der Waals surface area contributed by atoms with Crippen LogP contribution in [-0.4, -0.2) is 76.8 Å². The topological polar surface area (TPSA) is 81.4 Å². The van der Waals surface area contributed by atoms with E-state index in [9.17, 15) is 0 Å². The summed E-state index contributed by atoms with van der Waals surface area (Å²) in [5.74, 6) is 1.63. The van der Waals surface area contributed by atoms with Crippen LogP contribution in [0, 0.1) is 6.92 Å². The molecule has 0 bridgehead atoms. The number of nitrogens with zero attached hydrogens (tertiary/aromatic N) is 7. The zero-order chi connectivity index (χ0) is 23.8. The van der Waals surface area contributed by atoms with Crippen LogP contribution < -0.4 is 9.64 Å². The minimum atomic E-state index is 0.146. The Bertz CT molecular complexity index is 1330. The van der Waals surface area contributed by atoms with E-state index >= 15 is 0 Å². The number of benzene rings is 1. The molecule has 4 heterocycles. The van der Waals surface area contributed by atoms with Crippen molar-refractivity contribution in [2.75, 3.05) is 46.0 Å². The SMILES string of the molecule is COCOc1c(-c2ccc3nc(N4CCC(N(C)C)CC4)cnc3n2)cc2cn(C)nc2c1C. The van der Waals surface area contributed by atoms with Crippen molar-refractivity contribution < 1.29 is 9.47 Å². The zero-order valence-corrected chi connectivity index (χ0v) is 20.4. The third-order valence-electron chi connectivity index (χ3n) is 6.61. The number of piperidine rings is 1. The van der Waals surface area contributed by atoms with Gasteiger partial charge in [0.05, 0.1) is 17.4 Å². The molecule has 1 fully saturated rings. The Morgan fingerprint density at radius 2 is 1.94 bits per heavy atom. The Hall–Kier alpha value is -3.30. The van der Waals surface area contributed by atoms with Gasteiger partial charge in [-0.25, -0.2) is 15.0 Å². The number of rotatable bonds is 6. The number of anilines is 1. The predicted molar refractivity (Wildman–Crippen MR) is 133 cm³/mol. The lowest BCUT2D eigenvalue weighted by Crippen LogP contribution is -2.42. The summed E-state index contributed by atoms with van der Waals surface area (Å²) in [6.07, 6.45) is 6.10. The molecule has 9 nitrogen and oxygen atoms in total. The van der Waals surface area contributed by atoms with Crippen LogP contribution in [-0.2, 0) is 11.8 Å². The lowest BCUT2D eigenvalue weighted by Gasteiger charge is -2.35. The van der Waals surface area contributed by atoms with Gasteiger partial charge in [-0.15, -0.1) is 0 Å². The predicted octanol–water partition coefficient (Wildman–Crippen LogP) is 3.40. The van der Waals surface area contributed by atoms with Gasteiger partial charge >= 0.3 is 0 Å². The van der Waals surface area contributed by atoms with E-state index in [1.165, 1.54) is 0 Å². The van der Waals surface area contributed by atoms with Crippen molar-refractivity contribution in [1.82, 2.24) is 29.6 Å². The fraction of sp³-hybridized carbons (Fsp3) is 0.440. The number of aromatic nitrogens is 5. The van der Waals surface area contributed by atoms with Crippen LogP contribution in [0.5, 0.6) is 5.75 Å². The number of pyridine rings is 1. The molecule has 1 aromatic carbocycles. The second-order valence-corrected chi connectivity index (χ2v) is 9.12. The molecular formula is C25H31N7O2. The number of hydrogen-bond acceptors (Lipinski definition) is 8. The highest BCUT2D eigenvalue weighted by atomic mass is 16.7. The van der Waals surface area contributed by atoms with Gasteiger partial charge < -0.3 is 19.3 Å². The van der Waals surface area contributed by atoms with Crippen molar-refractivity contribution in [2.24, 2.45) is 7.05 Å². The van der Waals surface area contributed by atoms with Crippen LogP contribution >= 0.6 is 0 Å². The van der Waals surface area contributed by atoms with Gasteiger partial charge in [-0.3, -0.25) is 4.68 Å². The van der Waals surface area contributed by atoms with Crippen molar-refractivity contribution in [3.8, 4) is 17.0 Å². The van der Waals surface area contributed by atoms with Crippen molar-refractivity contribution >= 4 is 27.9 Å². The smallest absolute Gasteiger partial charge is 0.188 e. The van der Waals surface area contributed by atoms with Crippen molar-refractivity contribution in [3.05, 3.63) is 36.2 Å². The number of hydrogen-bond donors (Lipinski definition) is 0. The van der Waals surface area contributed by atoms with Crippen LogP contribution in [0.15, 0.2) is 30.6 Å². The fourth-order valence-electron chi connectivity index (χ4n) is 4.74. The Balaban J connectivity index is 1.49. The van der Waals surface area contributed by atoms with Crippen molar-refractivity contribution in [2.45, 2.75) is 25.8 Å². The maximum atomic E-state index is 5.97. The molecule has 0 aliphatic carbocycles. The molecule has 178 valence electrons. The van der Waals surface area contributed by atoms with Gasteiger partial charge in [-0.2, -0.15) is 5.10 Å². The van der Waals surface area contributed by atoms with Gasteiger partial charge in [0, 0.05) is 56.0 Å². The van der Waals surface area contributed by atoms with Gasteiger partial charge in [0.2, 0.25) is 0 Å². The van der Waals surface area contributed by atoms with Crippen LogP contribution in [0.25, 0.3) is 33.3 Å². The lowest BCUT2D eigenvalue weighted by atomic mass is 10.0. The first kappa shape index (κ1) is 22.5. The van der Waals surface area contributed by atoms with Gasteiger partial charge in [0.25, 0.3) is 0 Å². The molecular weight excluding hydrogens is 430 g/mol. The summed E-state index contributed by atoms with van der Waals surface area (Å²) >= 11 is 0. The molecule has 34 heavy (non-hydrogen) atoms. The first-order chi connectivity index (χ1) is 16.4. The summed E-state index contributed by atoms with van der Waals surface area (Å²) in [7, 11) is 7.83. The highest BCUT2D eigenvalue weighted by molar-refractivity contribution is 5.91. The average Bonchev–Trinajstić information content (AvgIpc) is 3.23. The van der Waals surface area contributed by atoms with E-state index in [4.69, 9.17) is 19.4 Å². The summed E-state index contributed by atoms with van der Waals surface area (Å²) < 4.78 is 12.9. The molecule has 0 unspecified atom stereocenters. The maximum Gasteiger partial charge on any atom is 0.188 e. The van der Waals surface area contributed by atoms with Crippen LogP contribution in [0.2, 0.25) is 0 Å². The molecule has 1 saturated heterocycles. The molecule has 0 spiro atoms. The summed E-state index contributed by atoms with van der Waals surface area (Å²) in [6, 6.07) is 6.66. The third-order valence-corrected chi connectivity index (χ3v) is 6.61. The van der Waals surface area contributed by atoms with Gasteiger partial charge in [0.1, 0.15) is 17.1 Å². The Labute approximate surface area is 199 Å². The number of fused-ring (bicyclic) bond motifs is 2. The number of aryl methyl sites for hydroxylation is 2. The summed E-state index contributed by atoms with van der Waals surface area (Å²) in [6.45, 7) is 4.13. The van der Waals surface area contributed by atoms with E-state index in [-0.39, 0.29) is 6.79 Å². The quantitative estimate of drug-likeness (QED) is 0.404. The highest BCUT2D eigenvalue weighted by Crippen LogP contribution is 2.37. The number of methoxy groups -OCH3 is 1. The van der Waals surface area contributed by atoms with Gasteiger partial charge in [-0.05, 0) is 52.1 Å². The standard InChI is InChI=1S/C25H31N7O2/c1-16-23-17(14-31(4)29-23)12-19(24(16)34-15-33-5)20-6-7-21-25(28-20)26-13-22(27-21)32-10-8-18(9-11-32)30(2)3/h6-7,12-14,18H,8-11,15H2,1-5H3. The summed E-state index contributed by atoms with van der Waals surface area (Å²) in [4.78, 5) is 19.0. The minimum Gasteiger partial charge on any atom is -0.466 e. The molecule has 9 heteroatoms.